The molecule has 7 unspecified atom stereocenters. The van der Waals surface area contributed by atoms with Gasteiger partial charge in [-0.05, 0) is 140 Å². The lowest BCUT2D eigenvalue weighted by molar-refractivity contribution is -0.147. The minimum absolute atomic E-state index is 0.0178. The van der Waals surface area contributed by atoms with Gasteiger partial charge in [0, 0.05) is 42.2 Å². The van der Waals surface area contributed by atoms with Crippen LogP contribution in [0.25, 0.3) is 0 Å². The fourth-order valence-corrected chi connectivity index (χ4v) is 11.4. The first-order valence-electron chi connectivity index (χ1n) is 27.5. The maximum Gasteiger partial charge on any atom is 0.251 e. The zero-order chi connectivity index (χ0) is 55.9. The van der Waals surface area contributed by atoms with Crippen LogP contribution in [0.3, 0.4) is 0 Å². The van der Waals surface area contributed by atoms with Gasteiger partial charge in [-0.3, -0.25) is 33.6 Å². The van der Waals surface area contributed by atoms with Crippen molar-refractivity contribution in [3.63, 3.8) is 0 Å². The summed E-state index contributed by atoms with van der Waals surface area (Å²) < 4.78 is 0. The Bertz CT molecular complexity index is 2970. The maximum atomic E-state index is 14.8. The minimum atomic E-state index is -0.932. The highest BCUT2D eigenvalue weighted by atomic mass is 16.2. The summed E-state index contributed by atoms with van der Waals surface area (Å²) in [6.45, 7) is 11.6. The number of carbonyl (C=O) groups excluding carboxylic acids is 7. The van der Waals surface area contributed by atoms with E-state index in [2.05, 4.69) is 67.3 Å². The standard InChI is InChI=1S/C62H77N9O7/c1-61(2,3)54(68-52(72)34-63-7)59(77)70-36-44-31-39(27-30-43(44)32-50(70)57(75)66-48-21-13-17-40-15-9-11-19-46(40)48)24-23-38-25-28-42(29-26-38)56(74)65-45-33-51(58(76)67-49-22-14-18-41-16-10-12-20-47(41)49)71(37-45)60(78)55(62(4,5)6)69-53(73)35-64-8/h9-12,15-16,19-20,25-31,45,48-51,54-55,63-64H,13-14,17-18,21-22,32-37H2,1-8H3,(H,65,74)(H,66,75)(H,67,76)(H,68,72)(H,69,73). The van der Waals surface area contributed by atoms with E-state index in [9.17, 15) is 33.6 Å². The van der Waals surface area contributed by atoms with Crippen molar-refractivity contribution in [2.75, 3.05) is 33.7 Å². The average molecular weight is 1060 g/mol. The summed E-state index contributed by atoms with van der Waals surface area (Å²) in [5.74, 6) is 4.14. The summed E-state index contributed by atoms with van der Waals surface area (Å²) in [6.07, 6.45) is 5.76. The number of fused-ring (bicyclic) bond motifs is 3. The number of benzene rings is 4. The van der Waals surface area contributed by atoms with Crippen molar-refractivity contribution >= 4 is 41.4 Å². The molecule has 1 saturated heterocycles. The van der Waals surface area contributed by atoms with E-state index in [1.54, 1.807) is 43.3 Å². The second kappa shape index (κ2) is 24.5. The molecule has 16 heteroatoms. The SMILES string of the molecule is CNCC(=O)NC(C(=O)N1Cc2cc(C#Cc3ccc(C(=O)NC4CC(C(=O)NC5CCCc6ccccc65)N(C(=O)C(NC(=O)CNC)C(C)(C)C)C4)cc3)ccc2CC1C(=O)NC1CCCc2ccccc21)C(C)(C)C. The molecule has 7 atom stereocenters. The van der Waals surface area contributed by atoms with Crippen LogP contribution in [0.5, 0.6) is 0 Å². The number of nitrogens with one attached hydrogen (secondary N) is 7. The highest BCUT2D eigenvalue weighted by molar-refractivity contribution is 5.97. The molecule has 2 heterocycles. The van der Waals surface area contributed by atoms with Crippen molar-refractivity contribution in [1.29, 1.82) is 0 Å². The van der Waals surface area contributed by atoms with Gasteiger partial charge in [0.15, 0.2) is 0 Å². The molecule has 7 N–H and O–H groups in total. The van der Waals surface area contributed by atoms with Gasteiger partial charge in [-0.2, -0.15) is 0 Å². The van der Waals surface area contributed by atoms with E-state index in [-0.39, 0.29) is 86.5 Å². The van der Waals surface area contributed by atoms with Crippen LogP contribution >= 0.6 is 0 Å². The molecular weight excluding hydrogens is 983 g/mol. The van der Waals surface area contributed by atoms with Gasteiger partial charge in [-0.15, -0.1) is 0 Å². The molecule has 16 nitrogen and oxygen atoms in total. The van der Waals surface area contributed by atoms with E-state index in [0.717, 1.165) is 60.8 Å². The molecular formula is C62H77N9O7. The molecule has 4 aromatic rings. The molecule has 1 fully saturated rings. The van der Waals surface area contributed by atoms with Crippen LogP contribution in [0.4, 0.5) is 0 Å². The molecule has 7 amide bonds. The van der Waals surface area contributed by atoms with Crippen LogP contribution in [-0.4, -0.2) is 115 Å². The first-order chi connectivity index (χ1) is 37.2. The number of hydrogen-bond acceptors (Lipinski definition) is 9. The average Bonchev–Trinajstić information content (AvgIpc) is 3.93. The van der Waals surface area contributed by atoms with Crippen LogP contribution < -0.4 is 37.2 Å². The van der Waals surface area contributed by atoms with E-state index in [1.165, 1.54) is 16.0 Å². The molecule has 0 saturated carbocycles. The van der Waals surface area contributed by atoms with E-state index in [4.69, 9.17) is 0 Å². The Kier molecular flexibility index (Phi) is 17.9. The van der Waals surface area contributed by atoms with Crippen molar-refractivity contribution in [1.82, 2.24) is 47.0 Å². The maximum absolute atomic E-state index is 14.8. The monoisotopic (exact) mass is 1060 g/mol. The molecule has 4 aliphatic rings. The van der Waals surface area contributed by atoms with Crippen LogP contribution in [-0.2, 0) is 54.6 Å². The van der Waals surface area contributed by atoms with Gasteiger partial charge in [0.25, 0.3) is 5.91 Å². The zero-order valence-electron chi connectivity index (χ0n) is 46.4. The molecule has 4 aromatic carbocycles. The van der Waals surface area contributed by atoms with Gasteiger partial charge in [0.2, 0.25) is 35.4 Å². The summed E-state index contributed by atoms with van der Waals surface area (Å²) in [5, 5.41) is 21.1. The number of likely N-dealkylation sites (N-methyl/N-ethyl adjacent to an activating group) is 2. The van der Waals surface area contributed by atoms with Crippen molar-refractivity contribution in [3.05, 3.63) is 141 Å². The quantitative estimate of drug-likeness (QED) is 0.0854. The summed E-state index contributed by atoms with van der Waals surface area (Å²) in [4.78, 5) is 101. The Morgan fingerprint density at radius 1 is 0.577 bits per heavy atom. The molecule has 0 radical (unpaired) electrons. The minimum Gasteiger partial charge on any atom is -0.347 e. The molecule has 412 valence electrons. The van der Waals surface area contributed by atoms with Crippen LogP contribution in [0, 0.1) is 22.7 Å². The molecule has 2 aliphatic heterocycles. The van der Waals surface area contributed by atoms with Crippen molar-refractivity contribution in [2.45, 2.75) is 142 Å². The fraction of sp³-hybridized carbons (Fsp3) is 0.468. The fourth-order valence-electron chi connectivity index (χ4n) is 11.4. The molecule has 8 rings (SSSR count). The molecule has 2 aliphatic carbocycles. The molecule has 78 heavy (non-hydrogen) atoms. The first-order valence-corrected chi connectivity index (χ1v) is 27.5. The Morgan fingerprint density at radius 2 is 1.08 bits per heavy atom. The highest BCUT2D eigenvalue weighted by Gasteiger charge is 2.46. The van der Waals surface area contributed by atoms with Gasteiger partial charge in [0.05, 0.1) is 25.2 Å². The second-order valence-electron chi connectivity index (χ2n) is 23.5. The summed E-state index contributed by atoms with van der Waals surface area (Å²) in [5.41, 5.74) is 6.71. The molecule has 0 spiro atoms. The Balaban J connectivity index is 0.979. The number of likely N-dealkylation sites (tertiary alicyclic amines) is 1. The largest absolute Gasteiger partial charge is 0.347 e. The smallest absolute Gasteiger partial charge is 0.251 e. The van der Waals surface area contributed by atoms with Crippen LogP contribution in [0.2, 0.25) is 0 Å². The third-order valence-corrected chi connectivity index (χ3v) is 15.5. The normalized spacial score (nSPS) is 20.5. The second-order valence-corrected chi connectivity index (χ2v) is 23.5. The molecule has 0 aromatic heterocycles. The lowest BCUT2D eigenvalue weighted by Gasteiger charge is -2.41. The number of hydrogen-bond donors (Lipinski definition) is 7. The van der Waals surface area contributed by atoms with Gasteiger partial charge in [-0.25, -0.2) is 0 Å². The van der Waals surface area contributed by atoms with E-state index in [0.29, 0.717) is 16.7 Å². The van der Waals surface area contributed by atoms with E-state index in [1.807, 2.05) is 90.1 Å². The predicted molar refractivity (Wildman–Crippen MR) is 299 cm³/mol. The molecule has 0 bridgehead atoms. The van der Waals surface area contributed by atoms with Gasteiger partial charge in [-0.1, -0.05) is 108 Å². The predicted octanol–water partition coefficient (Wildman–Crippen LogP) is 4.93. The topological polar surface area (TPSA) is 210 Å². The van der Waals surface area contributed by atoms with E-state index < -0.39 is 46.9 Å². The Morgan fingerprint density at radius 3 is 1.62 bits per heavy atom. The highest BCUT2D eigenvalue weighted by Crippen LogP contribution is 2.34. The van der Waals surface area contributed by atoms with Crippen molar-refractivity contribution in [3.8, 4) is 11.8 Å². The van der Waals surface area contributed by atoms with Crippen molar-refractivity contribution < 1.29 is 33.6 Å². The summed E-state index contributed by atoms with van der Waals surface area (Å²) in [7, 11) is 3.32. The van der Waals surface area contributed by atoms with Crippen LogP contribution in [0.15, 0.2) is 91.0 Å². The van der Waals surface area contributed by atoms with Gasteiger partial charge >= 0.3 is 0 Å². The summed E-state index contributed by atoms with van der Waals surface area (Å²) in [6, 6.07) is 24.4. The number of amides is 7. The van der Waals surface area contributed by atoms with Crippen molar-refractivity contribution in [2.24, 2.45) is 10.8 Å². The number of nitrogens with zero attached hydrogens (tertiary/aromatic N) is 2. The summed E-state index contributed by atoms with van der Waals surface area (Å²) >= 11 is 0. The first kappa shape index (κ1) is 56.8. The third-order valence-electron chi connectivity index (χ3n) is 15.5. The number of aryl methyl sites for hydroxylation is 2. The Labute approximate surface area is 459 Å². The third kappa shape index (κ3) is 13.5. The zero-order valence-corrected chi connectivity index (χ0v) is 46.4. The number of rotatable bonds is 14. The van der Waals surface area contributed by atoms with E-state index >= 15 is 0 Å². The lowest BCUT2D eigenvalue weighted by Crippen LogP contribution is -2.61. The number of carbonyl (C=O) groups is 7. The van der Waals surface area contributed by atoms with Gasteiger partial charge < -0.3 is 47.0 Å². The lowest BCUT2D eigenvalue weighted by atomic mass is 9.83. The Hall–Kier alpha value is -7.35. The van der Waals surface area contributed by atoms with Gasteiger partial charge in [0.1, 0.15) is 24.2 Å². The van der Waals surface area contributed by atoms with Crippen LogP contribution in [0.1, 0.15) is 141 Å².